The van der Waals surface area contributed by atoms with Gasteiger partial charge >= 0.3 is 35.9 Å². The van der Waals surface area contributed by atoms with Crippen LogP contribution in [0.2, 0.25) is 0 Å². The summed E-state index contributed by atoms with van der Waals surface area (Å²) in [5.41, 5.74) is 3.08. The van der Waals surface area contributed by atoms with Crippen molar-refractivity contribution in [3.8, 4) is 0 Å². The highest BCUT2D eigenvalue weighted by Crippen LogP contribution is 2.61. The molecule has 0 aliphatic heterocycles. The molecule has 0 amide bonds. The van der Waals surface area contributed by atoms with Crippen molar-refractivity contribution >= 4 is 79.6 Å². The van der Waals surface area contributed by atoms with E-state index >= 15 is 0 Å². The molecule has 5 aromatic carbocycles. The molecule has 4 aliphatic carbocycles. The van der Waals surface area contributed by atoms with Crippen LogP contribution in [0.15, 0.2) is 144 Å². The fourth-order valence-electron chi connectivity index (χ4n) is 10.6. The SMILES string of the molecule is CC(C)(C)CC(C)(C)N=C=O.O=C=NC(F)(F)C(F)(F)C(F)(F)C(F)(F)C(F)(F)C(F)(F)F.O=C=NC12CC3CC(CC(C3)C1)C2.O=C=NCCc1ccc(Br)cc1.O=C=NCCc1cccc2ccccc12.O=C=Nc1cccc2ccccc12. The third kappa shape index (κ3) is 20.0. The Hall–Kier alpha value is -7.53. The van der Waals surface area contributed by atoms with Gasteiger partial charge in [0.05, 0.1) is 29.9 Å². The molecule has 86 heavy (non-hydrogen) atoms. The van der Waals surface area contributed by atoms with Crippen LogP contribution in [0.25, 0.3) is 21.5 Å². The quantitative estimate of drug-likeness (QED) is 0.0436. The number of hydrogen-bond donors (Lipinski definition) is 0. The fraction of sp³-hybridized carbons (Fsp3) is 0.467. The summed E-state index contributed by atoms with van der Waals surface area (Å²) >= 11 is 3.34. The zero-order valence-electron chi connectivity index (χ0n) is 46.8. The Labute approximate surface area is 494 Å². The molecule has 26 heteroatoms. The first-order valence-electron chi connectivity index (χ1n) is 26.1. The third-order valence-corrected chi connectivity index (χ3v) is 14.1. The van der Waals surface area contributed by atoms with Gasteiger partial charge in [-0.1, -0.05) is 128 Å². The highest BCUT2D eigenvalue weighted by Gasteiger charge is 2.91. The summed E-state index contributed by atoms with van der Waals surface area (Å²) in [4.78, 5) is 78.8. The van der Waals surface area contributed by atoms with E-state index in [-0.39, 0.29) is 16.5 Å². The van der Waals surface area contributed by atoms with Crippen LogP contribution < -0.4 is 0 Å². The number of rotatable bonds is 15. The molecule has 4 aliphatic rings. The number of alkyl halides is 13. The van der Waals surface area contributed by atoms with Gasteiger partial charge in [0.15, 0.2) is 0 Å². The summed E-state index contributed by atoms with van der Waals surface area (Å²) in [7, 11) is 0. The second-order valence-electron chi connectivity index (χ2n) is 22.0. The van der Waals surface area contributed by atoms with Crippen LogP contribution in [-0.2, 0) is 41.6 Å². The molecule has 5 aromatic rings. The van der Waals surface area contributed by atoms with E-state index in [1.807, 2.05) is 92.7 Å². The first-order valence-corrected chi connectivity index (χ1v) is 26.9. The van der Waals surface area contributed by atoms with Crippen molar-refractivity contribution in [2.24, 2.45) is 53.1 Å². The van der Waals surface area contributed by atoms with Crippen LogP contribution in [0.1, 0.15) is 90.7 Å². The number of hydrogen-bond acceptors (Lipinski definition) is 12. The van der Waals surface area contributed by atoms with Gasteiger partial charge in [0.2, 0.25) is 36.5 Å². The Morgan fingerprint density at radius 3 is 1.41 bits per heavy atom. The molecule has 0 heterocycles. The lowest BCUT2D eigenvalue weighted by molar-refractivity contribution is -0.439. The molecule has 9 rings (SSSR count). The molecule has 4 fully saturated rings. The molecule has 0 aromatic heterocycles. The minimum absolute atomic E-state index is 0.0521. The summed E-state index contributed by atoms with van der Waals surface area (Å²) in [5, 5.41) is 4.53. The van der Waals surface area contributed by atoms with Crippen LogP contribution in [0.5, 0.6) is 0 Å². The second-order valence-corrected chi connectivity index (χ2v) is 23.0. The largest absolute Gasteiger partial charge is 0.460 e. The minimum atomic E-state index is -8.00. The highest BCUT2D eigenvalue weighted by molar-refractivity contribution is 9.10. The number of fused-ring (bicyclic) bond motifs is 2. The Morgan fingerprint density at radius 2 is 0.942 bits per heavy atom. The number of aliphatic imine (C=N–C) groups is 6. The molecule has 0 radical (unpaired) electrons. The first-order chi connectivity index (χ1) is 40.0. The molecule has 0 atom stereocenters. The van der Waals surface area contributed by atoms with Crippen LogP contribution in [0.4, 0.5) is 62.8 Å². The maximum absolute atomic E-state index is 12.7. The molecular formula is C60H58BrF13N6O6. The summed E-state index contributed by atoms with van der Waals surface area (Å²) in [6, 6.07) is 29.1. The van der Waals surface area contributed by atoms with Gasteiger partial charge in [0.25, 0.3) is 0 Å². The van der Waals surface area contributed by atoms with E-state index in [9.17, 15) is 85.8 Å². The van der Waals surface area contributed by atoms with Gasteiger partial charge in [0.1, 0.15) is 0 Å². The summed E-state index contributed by atoms with van der Waals surface area (Å²) in [6.45, 7) is 11.3. The Balaban J connectivity index is 0.000000274. The van der Waals surface area contributed by atoms with E-state index in [1.54, 1.807) is 30.4 Å². The zero-order chi connectivity index (χ0) is 64.8. The molecule has 0 saturated heterocycles. The maximum Gasteiger partial charge on any atom is 0.460 e. The lowest BCUT2D eigenvalue weighted by atomic mass is 9.53. The lowest BCUT2D eigenvalue weighted by Gasteiger charge is -2.54. The van der Waals surface area contributed by atoms with Crippen LogP contribution in [-0.4, -0.2) is 96.6 Å². The number of isocyanates is 6. The van der Waals surface area contributed by atoms with Crippen molar-refractivity contribution in [3.63, 3.8) is 0 Å². The number of benzene rings is 5. The monoisotopic (exact) mass is 1280 g/mol. The number of nitrogens with zero attached hydrogens (tertiary/aromatic N) is 6. The van der Waals surface area contributed by atoms with Crippen LogP contribution in [0, 0.1) is 23.2 Å². The van der Waals surface area contributed by atoms with Crippen LogP contribution >= 0.6 is 15.9 Å². The lowest BCUT2D eigenvalue weighted by Crippen LogP contribution is -2.69. The van der Waals surface area contributed by atoms with E-state index < -0.39 is 42.0 Å². The van der Waals surface area contributed by atoms with Crippen molar-refractivity contribution in [1.82, 2.24) is 0 Å². The van der Waals surface area contributed by atoms with E-state index in [0.717, 1.165) is 57.3 Å². The average molecular weight is 1290 g/mol. The molecule has 462 valence electrons. The van der Waals surface area contributed by atoms with E-state index in [2.05, 4.69) is 85.9 Å². The highest BCUT2D eigenvalue weighted by atomic mass is 79.9. The molecule has 4 saturated carbocycles. The Morgan fingerprint density at radius 1 is 0.488 bits per heavy atom. The molecule has 0 N–H and O–H groups in total. The Kier molecular flexibility index (Phi) is 26.4. The van der Waals surface area contributed by atoms with Gasteiger partial charge in [-0.3, -0.25) is 0 Å². The zero-order valence-corrected chi connectivity index (χ0v) is 48.4. The van der Waals surface area contributed by atoms with Crippen molar-refractivity contribution in [2.75, 3.05) is 13.1 Å². The number of carbonyl (C=O) groups excluding carboxylic acids is 6. The van der Waals surface area contributed by atoms with Crippen molar-refractivity contribution in [1.29, 1.82) is 0 Å². The standard InChI is InChI=1S/C13H11NO.C11H15NO.C11H7NO.C9H8BrNO.C9H17NO.C7F13NO/c15-10-14-9-8-12-6-3-5-11-4-1-2-7-13(11)12;13-7-12-11-4-8-1-9(5-11)3-10(2-8)6-11;13-8-12-11-7-3-5-9-4-1-2-6-10(9)11;10-9-3-1-8(2-4-9)5-6-11-7-12;1-8(2,3)6-9(4,5)10-7-11;8-2(9,4(12,13)6(16,17)18)3(10,11)5(14,15)7(19,20)21-1-22/h1-7H,8-9H2;8-10H,1-6H2;1-7H;1-4H,5-6H2;6H2,1-5H3;. The van der Waals surface area contributed by atoms with Gasteiger partial charge < -0.3 is 0 Å². The molecule has 12 nitrogen and oxygen atoms in total. The normalized spacial score (nSPS) is 17.8. The predicted molar refractivity (Wildman–Crippen MR) is 297 cm³/mol. The summed E-state index contributed by atoms with van der Waals surface area (Å²) in [5.74, 6) is -28.7. The average Bonchev–Trinajstić information content (AvgIpc) is 0.746. The topological polar surface area (TPSA) is 177 Å². The summed E-state index contributed by atoms with van der Waals surface area (Å²) < 4.78 is 161. The first kappa shape index (κ1) is 72.7. The Bertz CT molecular complexity index is 3310. The van der Waals surface area contributed by atoms with E-state index in [0.29, 0.717) is 18.8 Å². The van der Waals surface area contributed by atoms with Crippen LogP contribution in [0.3, 0.4) is 0 Å². The van der Waals surface area contributed by atoms with Crippen molar-refractivity contribution < 1.29 is 85.8 Å². The van der Waals surface area contributed by atoms with Gasteiger partial charge in [-0.2, -0.15) is 72.1 Å². The minimum Gasteiger partial charge on any atom is -0.211 e. The summed E-state index contributed by atoms with van der Waals surface area (Å²) in [6.07, 6.45) is 10.4. The third-order valence-electron chi connectivity index (χ3n) is 13.6. The van der Waals surface area contributed by atoms with Crippen molar-refractivity contribution in [3.05, 3.63) is 125 Å². The van der Waals surface area contributed by atoms with E-state index in [1.165, 1.54) is 66.5 Å². The molecule has 0 unspecified atom stereocenters. The predicted octanol–water partition coefficient (Wildman–Crippen LogP) is 16.7. The second kappa shape index (κ2) is 31.2. The fourth-order valence-corrected chi connectivity index (χ4v) is 10.9. The van der Waals surface area contributed by atoms with Crippen molar-refractivity contribution in [2.45, 2.75) is 139 Å². The molecular weight excluding hydrogens is 1230 g/mol. The molecule has 4 bridgehead atoms. The van der Waals surface area contributed by atoms with Gasteiger partial charge in [-0.25, -0.2) is 38.8 Å². The van der Waals surface area contributed by atoms with E-state index in [4.69, 9.17) is 0 Å². The smallest absolute Gasteiger partial charge is 0.211 e. The van der Waals surface area contributed by atoms with Gasteiger partial charge in [0, 0.05) is 9.86 Å². The van der Waals surface area contributed by atoms with Gasteiger partial charge in [-0.15, -0.1) is 4.99 Å². The number of halogens is 14. The molecule has 0 spiro atoms. The van der Waals surface area contributed by atoms with Gasteiger partial charge in [-0.05, 0) is 140 Å². The maximum atomic E-state index is 12.7.